The van der Waals surface area contributed by atoms with Crippen molar-refractivity contribution in [1.29, 1.82) is 0 Å². The van der Waals surface area contributed by atoms with E-state index in [1.165, 1.54) is 0 Å². The third-order valence-electron chi connectivity index (χ3n) is 3.32. The molecule has 5 nitrogen and oxygen atoms in total. The highest BCUT2D eigenvalue weighted by molar-refractivity contribution is 14.1. The Labute approximate surface area is 136 Å². The van der Waals surface area contributed by atoms with Gasteiger partial charge in [-0.25, -0.2) is 9.50 Å². The molecule has 3 rings (SSSR count). The van der Waals surface area contributed by atoms with Crippen LogP contribution in [0.25, 0.3) is 5.52 Å². The molecule has 6 heteroatoms. The average Bonchev–Trinajstić information content (AvgIpc) is 2.90. The Balaban J connectivity index is 1.96. The van der Waals surface area contributed by atoms with E-state index in [1.54, 1.807) is 10.7 Å². The topological polar surface area (TPSA) is 62.5 Å². The summed E-state index contributed by atoms with van der Waals surface area (Å²) < 4.78 is 2.84. The Morgan fingerprint density at radius 2 is 2.10 bits per heavy atom. The number of aliphatic hydroxyl groups is 1. The quantitative estimate of drug-likeness (QED) is 0.654. The first-order chi connectivity index (χ1) is 10.3. The molecule has 0 aliphatic rings. The van der Waals surface area contributed by atoms with Gasteiger partial charge in [-0.3, -0.25) is 0 Å². The summed E-state index contributed by atoms with van der Waals surface area (Å²) in [5, 5.41) is 17.0. The molecule has 0 fully saturated rings. The third-order valence-corrected chi connectivity index (χ3v) is 4.11. The highest BCUT2D eigenvalue weighted by Crippen LogP contribution is 2.26. The number of hydrogen-bond donors (Lipinski definition) is 2. The van der Waals surface area contributed by atoms with Gasteiger partial charge < -0.3 is 10.4 Å². The van der Waals surface area contributed by atoms with E-state index in [1.807, 2.05) is 30.6 Å². The molecule has 0 radical (unpaired) electrons. The van der Waals surface area contributed by atoms with Crippen LogP contribution >= 0.6 is 22.6 Å². The molecule has 1 unspecified atom stereocenters. The predicted octanol–water partition coefficient (Wildman–Crippen LogP) is 2.87. The van der Waals surface area contributed by atoms with E-state index >= 15 is 0 Å². The number of aliphatic hydroxyl groups excluding tert-OH is 1. The molecule has 0 saturated heterocycles. The van der Waals surface area contributed by atoms with Gasteiger partial charge in [0.25, 0.3) is 0 Å². The zero-order valence-electron chi connectivity index (χ0n) is 11.3. The third kappa shape index (κ3) is 3.01. The van der Waals surface area contributed by atoms with Crippen LogP contribution in [0.2, 0.25) is 0 Å². The van der Waals surface area contributed by atoms with E-state index in [-0.39, 0.29) is 12.6 Å². The maximum atomic E-state index is 9.32. The van der Waals surface area contributed by atoms with Gasteiger partial charge in [-0.05, 0) is 34.6 Å². The first kappa shape index (κ1) is 14.3. The summed E-state index contributed by atoms with van der Waals surface area (Å²) in [5.74, 6) is 0.779. The van der Waals surface area contributed by atoms with Crippen LogP contribution in [-0.2, 0) is 0 Å². The largest absolute Gasteiger partial charge is 0.396 e. The number of benzene rings is 1. The minimum Gasteiger partial charge on any atom is -0.396 e. The van der Waals surface area contributed by atoms with Crippen molar-refractivity contribution in [2.24, 2.45) is 0 Å². The minimum atomic E-state index is 0.0144. The highest BCUT2D eigenvalue weighted by atomic mass is 127. The molecular formula is C15H15IN4O. The molecule has 0 spiro atoms. The molecule has 0 aliphatic heterocycles. The van der Waals surface area contributed by atoms with Crippen molar-refractivity contribution in [2.75, 3.05) is 11.9 Å². The molecule has 0 saturated carbocycles. The summed E-state index contributed by atoms with van der Waals surface area (Å²) in [6, 6.07) is 10.1. The van der Waals surface area contributed by atoms with E-state index < -0.39 is 0 Å². The van der Waals surface area contributed by atoms with Crippen molar-refractivity contribution >= 4 is 33.9 Å². The van der Waals surface area contributed by atoms with Gasteiger partial charge in [-0.15, -0.1) is 0 Å². The van der Waals surface area contributed by atoms with Crippen molar-refractivity contribution in [1.82, 2.24) is 14.6 Å². The molecule has 2 heterocycles. The number of nitrogens with one attached hydrogen (secondary N) is 1. The predicted molar refractivity (Wildman–Crippen MR) is 90.2 cm³/mol. The number of anilines is 1. The lowest BCUT2D eigenvalue weighted by Crippen LogP contribution is -2.14. The molecule has 21 heavy (non-hydrogen) atoms. The van der Waals surface area contributed by atoms with Crippen LogP contribution in [0.15, 0.2) is 48.9 Å². The van der Waals surface area contributed by atoms with Crippen LogP contribution in [0.4, 0.5) is 5.82 Å². The summed E-state index contributed by atoms with van der Waals surface area (Å²) in [4.78, 5) is 4.43. The Kier molecular flexibility index (Phi) is 4.35. The summed E-state index contributed by atoms with van der Waals surface area (Å²) in [6.45, 7) is 0.117. The normalized spacial score (nSPS) is 12.5. The number of hydrogen-bond acceptors (Lipinski definition) is 4. The van der Waals surface area contributed by atoms with E-state index in [0.717, 1.165) is 20.5 Å². The van der Waals surface area contributed by atoms with Gasteiger partial charge in [0.15, 0.2) is 5.82 Å². The van der Waals surface area contributed by atoms with Gasteiger partial charge in [0.1, 0.15) is 5.52 Å². The van der Waals surface area contributed by atoms with Crippen LogP contribution in [0.3, 0.4) is 0 Å². The van der Waals surface area contributed by atoms with Gasteiger partial charge in [0, 0.05) is 19.0 Å². The zero-order valence-corrected chi connectivity index (χ0v) is 13.4. The fraction of sp³-hybridized carbons (Fsp3) is 0.200. The van der Waals surface area contributed by atoms with Crippen molar-refractivity contribution < 1.29 is 5.11 Å². The summed E-state index contributed by atoms with van der Waals surface area (Å²) in [7, 11) is 0. The number of halogens is 1. The lowest BCUT2D eigenvalue weighted by Gasteiger charge is -2.19. The smallest absolute Gasteiger partial charge is 0.153 e. The maximum absolute atomic E-state index is 9.32. The number of aromatic nitrogens is 3. The molecule has 0 aliphatic carbocycles. The Morgan fingerprint density at radius 3 is 2.86 bits per heavy atom. The molecule has 3 aromatic rings. The van der Waals surface area contributed by atoms with Gasteiger partial charge in [0.2, 0.25) is 0 Å². The zero-order chi connectivity index (χ0) is 14.7. The Bertz CT molecular complexity index is 729. The summed E-state index contributed by atoms with van der Waals surface area (Å²) in [6.07, 6.45) is 5.98. The number of fused-ring (bicyclic) bond motifs is 1. The fourth-order valence-electron chi connectivity index (χ4n) is 2.32. The molecule has 0 amide bonds. The second kappa shape index (κ2) is 6.40. The first-order valence-electron chi connectivity index (χ1n) is 6.70. The molecular weight excluding hydrogens is 379 g/mol. The van der Waals surface area contributed by atoms with Crippen molar-refractivity contribution in [3.8, 4) is 0 Å². The van der Waals surface area contributed by atoms with Crippen molar-refractivity contribution in [3.05, 3.63) is 58.1 Å². The van der Waals surface area contributed by atoms with E-state index in [9.17, 15) is 5.11 Å². The van der Waals surface area contributed by atoms with E-state index in [0.29, 0.717) is 6.42 Å². The molecule has 0 bridgehead atoms. The molecule has 1 atom stereocenters. The Hall–Kier alpha value is -1.67. The summed E-state index contributed by atoms with van der Waals surface area (Å²) in [5.41, 5.74) is 2.09. The summed E-state index contributed by atoms with van der Waals surface area (Å²) >= 11 is 2.25. The van der Waals surface area contributed by atoms with Gasteiger partial charge in [-0.1, -0.05) is 30.3 Å². The monoisotopic (exact) mass is 394 g/mol. The molecule has 2 N–H and O–H groups in total. The second-order valence-corrected chi connectivity index (χ2v) is 5.84. The van der Waals surface area contributed by atoms with Crippen molar-refractivity contribution in [3.63, 3.8) is 0 Å². The minimum absolute atomic E-state index is 0.0144. The van der Waals surface area contributed by atoms with Gasteiger partial charge in [0.05, 0.1) is 15.8 Å². The van der Waals surface area contributed by atoms with Crippen LogP contribution in [0, 0.1) is 3.57 Å². The van der Waals surface area contributed by atoms with Gasteiger partial charge >= 0.3 is 0 Å². The highest BCUT2D eigenvalue weighted by Gasteiger charge is 2.15. The lowest BCUT2D eigenvalue weighted by molar-refractivity contribution is 0.280. The van der Waals surface area contributed by atoms with Crippen molar-refractivity contribution in [2.45, 2.75) is 12.5 Å². The van der Waals surface area contributed by atoms with Crippen LogP contribution in [-0.4, -0.2) is 26.3 Å². The van der Waals surface area contributed by atoms with Crippen LogP contribution in [0.1, 0.15) is 18.0 Å². The number of rotatable bonds is 5. The lowest BCUT2D eigenvalue weighted by atomic mass is 10.0. The van der Waals surface area contributed by atoms with Gasteiger partial charge in [-0.2, -0.15) is 5.10 Å². The van der Waals surface area contributed by atoms with E-state index in [4.69, 9.17) is 0 Å². The van der Waals surface area contributed by atoms with E-state index in [2.05, 4.69) is 50.1 Å². The Morgan fingerprint density at radius 1 is 1.29 bits per heavy atom. The van der Waals surface area contributed by atoms with Crippen LogP contribution in [0.5, 0.6) is 0 Å². The number of nitrogens with zero attached hydrogens (tertiary/aromatic N) is 3. The molecule has 1 aromatic carbocycles. The second-order valence-electron chi connectivity index (χ2n) is 4.68. The average molecular weight is 394 g/mol. The first-order valence-corrected chi connectivity index (χ1v) is 7.77. The SMILES string of the molecule is OCCC(Nc1nccn2ncc(I)c12)c1ccccc1. The molecule has 2 aromatic heterocycles. The molecule has 108 valence electrons. The fourth-order valence-corrected chi connectivity index (χ4v) is 2.94. The van der Waals surface area contributed by atoms with Crippen LogP contribution < -0.4 is 5.32 Å². The maximum Gasteiger partial charge on any atom is 0.153 e. The standard InChI is InChI=1S/C15H15IN4O/c16-12-10-18-20-8-7-17-15(14(12)20)19-13(6-9-21)11-4-2-1-3-5-11/h1-5,7-8,10,13,21H,6,9H2,(H,17,19).